The lowest BCUT2D eigenvalue weighted by atomic mass is 9.91. The van der Waals surface area contributed by atoms with E-state index in [2.05, 4.69) is 33.9 Å². The quantitative estimate of drug-likeness (QED) is 0.898. The molecule has 0 fully saturated rings. The van der Waals surface area contributed by atoms with Crippen LogP contribution < -0.4 is 0 Å². The lowest BCUT2D eigenvalue weighted by Gasteiger charge is -2.23. The molecule has 0 bridgehead atoms. The Bertz CT molecular complexity index is 546. The first-order valence-electron chi connectivity index (χ1n) is 6.89. The van der Waals surface area contributed by atoms with Crippen molar-refractivity contribution < 1.29 is 5.11 Å². The Hall–Kier alpha value is -1.19. The van der Waals surface area contributed by atoms with E-state index in [-0.39, 0.29) is 0 Å². The Morgan fingerprint density at radius 3 is 2.25 bits per heavy atom. The van der Waals surface area contributed by atoms with Crippen LogP contribution in [0.2, 0.25) is 0 Å². The van der Waals surface area contributed by atoms with Gasteiger partial charge in [-0.2, -0.15) is 0 Å². The van der Waals surface area contributed by atoms with Crippen molar-refractivity contribution in [3.05, 3.63) is 63.9 Å². The zero-order valence-corrected chi connectivity index (χ0v) is 13.5. The summed E-state index contributed by atoms with van der Waals surface area (Å²) in [6.45, 7) is 3.98. The van der Waals surface area contributed by atoms with Gasteiger partial charge in [-0.05, 0) is 42.7 Å². The van der Waals surface area contributed by atoms with Crippen molar-refractivity contribution >= 4 is 15.9 Å². The zero-order chi connectivity index (χ0) is 14.6. The molecule has 1 aromatic carbocycles. The molecule has 0 radical (unpaired) electrons. The van der Waals surface area contributed by atoms with Crippen LogP contribution >= 0.6 is 15.9 Å². The molecule has 1 N–H and O–H groups in total. The van der Waals surface area contributed by atoms with Crippen molar-refractivity contribution in [3.63, 3.8) is 0 Å². The predicted molar refractivity (Wildman–Crippen MR) is 85.8 cm³/mol. The molecule has 0 aliphatic heterocycles. The fourth-order valence-electron chi connectivity index (χ4n) is 2.26. The lowest BCUT2D eigenvalue weighted by molar-refractivity contribution is 0.0598. The van der Waals surface area contributed by atoms with E-state index in [1.165, 1.54) is 5.56 Å². The molecule has 1 aromatic heterocycles. The van der Waals surface area contributed by atoms with Gasteiger partial charge in [0.15, 0.2) is 0 Å². The largest absolute Gasteiger partial charge is 0.389 e. The molecule has 1 unspecified atom stereocenters. The molecule has 20 heavy (non-hydrogen) atoms. The summed E-state index contributed by atoms with van der Waals surface area (Å²) in [5.74, 6) is 0. The van der Waals surface area contributed by atoms with Crippen LogP contribution in [0.1, 0.15) is 30.7 Å². The smallest absolute Gasteiger partial charge is 0.0715 e. The van der Waals surface area contributed by atoms with E-state index in [9.17, 15) is 5.11 Å². The highest BCUT2D eigenvalue weighted by Gasteiger charge is 2.22. The number of halogens is 1. The van der Waals surface area contributed by atoms with Gasteiger partial charge in [0.1, 0.15) is 0 Å². The number of aryl methyl sites for hydroxylation is 1. The molecule has 106 valence electrons. The molecule has 1 atom stereocenters. The molecule has 2 nitrogen and oxygen atoms in total. The second-order valence-electron chi connectivity index (χ2n) is 5.49. The van der Waals surface area contributed by atoms with Gasteiger partial charge in [-0.3, -0.25) is 4.98 Å². The SMILES string of the molecule is CCc1ccc(CC(C)(O)Cc2ccc(Br)cc2)nc1. The third kappa shape index (κ3) is 4.43. The molecule has 0 amide bonds. The maximum atomic E-state index is 10.6. The van der Waals surface area contributed by atoms with Crippen molar-refractivity contribution in [3.8, 4) is 0 Å². The molecule has 0 spiro atoms. The monoisotopic (exact) mass is 333 g/mol. The Labute approximate surface area is 129 Å². The first kappa shape index (κ1) is 15.2. The van der Waals surface area contributed by atoms with Gasteiger partial charge in [0.2, 0.25) is 0 Å². The van der Waals surface area contributed by atoms with Gasteiger partial charge in [-0.15, -0.1) is 0 Å². The number of pyridine rings is 1. The van der Waals surface area contributed by atoms with E-state index in [1.54, 1.807) is 0 Å². The van der Waals surface area contributed by atoms with Crippen molar-refractivity contribution in [1.82, 2.24) is 4.98 Å². The fraction of sp³-hybridized carbons (Fsp3) is 0.353. The van der Waals surface area contributed by atoms with Crippen LogP contribution in [0.25, 0.3) is 0 Å². The summed E-state index contributed by atoms with van der Waals surface area (Å²) < 4.78 is 1.05. The van der Waals surface area contributed by atoms with E-state index in [4.69, 9.17) is 0 Å². The first-order valence-corrected chi connectivity index (χ1v) is 7.68. The predicted octanol–water partition coefficient (Wildman–Crippen LogP) is 3.94. The molecule has 0 saturated carbocycles. The fourth-order valence-corrected chi connectivity index (χ4v) is 2.53. The summed E-state index contributed by atoms with van der Waals surface area (Å²) in [5, 5.41) is 10.6. The Morgan fingerprint density at radius 1 is 1.05 bits per heavy atom. The average molecular weight is 334 g/mol. The lowest BCUT2D eigenvalue weighted by Crippen LogP contribution is -2.30. The number of rotatable bonds is 5. The summed E-state index contributed by atoms with van der Waals surface area (Å²) >= 11 is 3.42. The van der Waals surface area contributed by atoms with Crippen LogP contribution in [-0.4, -0.2) is 15.7 Å². The third-order valence-electron chi connectivity index (χ3n) is 3.35. The van der Waals surface area contributed by atoms with Gasteiger partial charge < -0.3 is 5.11 Å². The molecular weight excluding hydrogens is 314 g/mol. The second kappa shape index (κ2) is 6.51. The van der Waals surface area contributed by atoms with Crippen LogP contribution in [0, 0.1) is 0 Å². The Morgan fingerprint density at radius 2 is 1.70 bits per heavy atom. The minimum Gasteiger partial charge on any atom is -0.389 e. The number of hydrogen-bond acceptors (Lipinski definition) is 2. The number of aliphatic hydroxyl groups is 1. The van der Waals surface area contributed by atoms with Gasteiger partial charge in [-0.25, -0.2) is 0 Å². The zero-order valence-electron chi connectivity index (χ0n) is 11.9. The second-order valence-corrected chi connectivity index (χ2v) is 6.40. The van der Waals surface area contributed by atoms with E-state index in [0.717, 1.165) is 22.2 Å². The van der Waals surface area contributed by atoms with Crippen molar-refractivity contribution in [2.24, 2.45) is 0 Å². The van der Waals surface area contributed by atoms with Gasteiger partial charge in [0, 0.05) is 29.2 Å². The summed E-state index contributed by atoms with van der Waals surface area (Å²) in [6, 6.07) is 12.2. The maximum Gasteiger partial charge on any atom is 0.0715 e. The molecule has 1 heterocycles. The minimum atomic E-state index is -0.783. The van der Waals surface area contributed by atoms with Crippen molar-refractivity contribution in [2.45, 2.75) is 38.7 Å². The number of nitrogens with zero attached hydrogens (tertiary/aromatic N) is 1. The standard InChI is InChI=1S/C17H20BrNO/c1-3-13-6-9-16(19-12-13)11-17(2,20)10-14-4-7-15(18)8-5-14/h4-9,12,20H,3,10-11H2,1-2H3. The third-order valence-corrected chi connectivity index (χ3v) is 3.88. The van der Waals surface area contributed by atoms with E-state index < -0.39 is 5.60 Å². The highest BCUT2D eigenvalue weighted by atomic mass is 79.9. The van der Waals surface area contributed by atoms with Crippen LogP contribution in [0.3, 0.4) is 0 Å². The highest BCUT2D eigenvalue weighted by molar-refractivity contribution is 9.10. The first-order chi connectivity index (χ1) is 9.48. The molecule has 2 rings (SSSR count). The summed E-state index contributed by atoms with van der Waals surface area (Å²) in [5.41, 5.74) is 2.50. The van der Waals surface area contributed by atoms with Gasteiger partial charge in [-0.1, -0.05) is 41.1 Å². The highest BCUT2D eigenvalue weighted by Crippen LogP contribution is 2.19. The Kier molecular flexibility index (Phi) is 4.95. The maximum absolute atomic E-state index is 10.6. The molecule has 0 aliphatic rings. The van der Waals surface area contributed by atoms with Crippen molar-refractivity contribution in [2.75, 3.05) is 0 Å². The number of hydrogen-bond donors (Lipinski definition) is 1. The molecule has 3 heteroatoms. The van der Waals surface area contributed by atoms with E-state index in [1.807, 2.05) is 43.5 Å². The summed E-state index contributed by atoms with van der Waals surface area (Å²) in [6.07, 6.45) is 4.07. The topological polar surface area (TPSA) is 33.1 Å². The molecule has 0 saturated heterocycles. The number of benzene rings is 1. The van der Waals surface area contributed by atoms with Crippen LogP contribution in [-0.2, 0) is 19.3 Å². The summed E-state index contributed by atoms with van der Waals surface area (Å²) in [4.78, 5) is 4.42. The van der Waals surface area contributed by atoms with Crippen LogP contribution in [0.4, 0.5) is 0 Å². The van der Waals surface area contributed by atoms with Gasteiger partial charge in [0.05, 0.1) is 5.60 Å². The van der Waals surface area contributed by atoms with E-state index >= 15 is 0 Å². The van der Waals surface area contributed by atoms with Gasteiger partial charge in [0.25, 0.3) is 0 Å². The average Bonchev–Trinajstić information content (AvgIpc) is 2.41. The normalized spacial score (nSPS) is 14.0. The van der Waals surface area contributed by atoms with Crippen LogP contribution in [0.5, 0.6) is 0 Å². The van der Waals surface area contributed by atoms with E-state index in [0.29, 0.717) is 12.8 Å². The Balaban J connectivity index is 2.03. The summed E-state index contributed by atoms with van der Waals surface area (Å²) in [7, 11) is 0. The van der Waals surface area contributed by atoms with Crippen LogP contribution in [0.15, 0.2) is 47.1 Å². The van der Waals surface area contributed by atoms with Crippen molar-refractivity contribution in [1.29, 1.82) is 0 Å². The number of aromatic nitrogens is 1. The molecule has 0 aliphatic carbocycles. The minimum absolute atomic E-state index is 0.563. The molecule has 2 aromatic rings. The van der Waals surface area contributed by atoms with Gasteiger partial charge >= 0.3 is 0 Å². The molecular formula is C17H20BrNO.